The second-order valence-electron chi connectivity index (χ2n) is 9.07. The number of quaternary nitrogens is 1. The Labute approximate surface area is 194 Å². The van der Waals surface area contributed by atoms with Crippen LogP contribution in [0.5, 0.6) is 0 Å². The summed E-state index contributed by atoms with van der Waals surface area (Å²) in [5.74, 6) is 0.528. The fraction of sp³-hybridized carbons (Fsp3) is 0.480. The summed E-state index contributed by atoms with van der Waals surface area (Å²) in [6.07, 6.45) is 4.17. The molecule has 0 radical (unpaired) electrons. The van der Waals surface area contributed by atoms with E-state index in [0.29, 0.717) is 22.9 Å². The molecular formula is C25H35N4O2S+. The smallest absolute Gasteiger partial charge is 0.228 e. The molecule has 1 aliphatic heterocycles. The number of amides is 1. The molecule has 0 unspecified atom stereocenters. The van der Waals surface area contributed by atoms with Crippen molar-refractivity contribution in [3.05, 3.63) is 52.1 Å². The quantitative estimate of drug-likeness (QED) is 0.433. The van der Waals surface area contributed by atoms with Crippen molar-refractivity contribution in [2.24, 2.45) is 0 Å². The van der Waals surface area contributed by atoms with Crippen molar-refractivity contribution in [2.45, 2.75) is 39.0 Å². The molecule has 32 heavy (non-hydrogen) atoms. The molecule has 3 aromatic rings. The van der Waals surface area contributed by atoms with Crippen LogP contribution in [0.2, 0.25) is 0 Å². The molecule has 4 rings (SSSR count). The molecule has 1 aliphatic rings. The summed E-state index contributed by atoms with van der Waals surface area (Å²) in [6.45, 7) is 6.39. The number of benzene rings is 1. The summed E-state index contributed by atoms with van der Waals surface area (Å²) in [5, 5.41) is 3.48. The highest BCUT2D eigenvalue weighted by Crippen LogP contribution is 2.30. The highest BCUT2D eigenvalue weighted by atomic mass is 32.1. The molecule has 6 nitrogen and oxygen atoms in total. The molecule has 0 spiro atoms. The molecule has 172 valence electrons. The van der Waals surface area contributed by atoms with Crippen LogP contribution in [0.15, 0.2) is 35.8 Å². The second-order valence-corrected chi connectivity index (χ2v) is 9.93. The fourth-order valence-electron chi connectivity index (χ4n) is 3.97. The van der Waals surface area contributed by atoms with Gasteiger partial charge in [0.05, 0.1) is 45.4 Å². The van der Waals surface area contributed by atoms with Crippen LogP contribution < -0.4 is 0 Å². The van der Waals surface area contributed by atoms with Crippen molar-refractivity contribution in [3.8, 4) is 0 Å². The van der Waals surface area contributed by atoms with E-state index >= 15 is 0 Å². The van der Waals surface area contributed by atoms with Gasteiger partial charge >= 0.3 is 0 Å². The van der Waals surface area contributed by atoms with E-state index < -0.39 is 0 Å². The van der Waals surface area contributed by atoms with E-state index in [9.17, 15) is 9.59 Å². The number of nitrogens with one attached hydrogen (secondary N) is 1. The van der Waals surface area contributed by atoms with Gasteiger partial charge in [-0.15, -0.1) is 11.3 Å². The van der Waals surface area contributed by atoms with Gasteiger partial charge in [0.25, 0.3) is 0 Å². The lowest BCUT2D eigenvalue weighted by Crippen LogP contribution is -2.42. The van der Waals surface area contributed by atoms with Crippen LogP contribution in [-0.2, 0) is 4.79 Å². The first-order valence-corrected chi connectivity index (χ1v) is 12.3. The average molecular weight is 456 g/mol. The summed E-state index contributed by atoms with van der Waals surface area (Å²) in [4.78, 5) is 35.3. The maximum absolute atomic E-state index is 13.0. The zero-order chi connectivity index (χ0) is 23.3. The van der Waals surface area contributed by atoms with Crippen LogP contribution in [0.4, 0.5) is 0 Å². The number of aromatic amines is 1. The van der Waals surface area contributed by atoms with Gasteiger partial charge in [-0.1, -0.05) is 32.0 Å². The number of hydrogen-bond acceptors (Lipinski definition) is 4. The van der Waals surface area contributed by atoms with Gasteiger partial charge in [-0.05, 0) is 18.9 Å². The Balaban J connectivity index is 0.00000141. The Morgan fingerprint density at radius 2 is 1.84 bits per heavy atom. The minimum atomic E-state index is -0.0309. The van der Waals surface area contributed by atoms with Crippen LogP contribution in [0.25, 0.3) is 10.9 Å². The number of para-hydroxylation sites is 1. The number of hydrogen-bond donors (Lipinski definition) is 1. The van der Waals surface area contributed by atoms with Gasteiger partial charge in [-0.2, -0.15) is 0 Å². The minimum Gasteiger partial charge on any atom is -0.360 e. The van der Waals surface area contributed by atoms with Crippen LogP contribution in [-0.4, -0.2) is 71.8 Å². The number of likely N-dealkylation sites (tertiary alicyclic amines) is 1. The first-order valence-electron chi connectivity index (χ1n) is 11.5. The van der Waals surface area contributed by atoms with E-state index in [1.807, 2.05) is 48.4 Å². The summed E-state index contributed by atoms with van der Waals surface area (Å²) in [5.41, 5.74) is 2.62. The van der Waals surface area contributed by atoms with E-state index in [4.69, 9.17) is 0 Å². The lowest BCUT2D eigenvalue weighted by atomic mass is 9.94. The number of nitrogens with zero attached hydrogens (tertiary/aromatic N) is 3. The molecule has 1 amide bonds. The minimum absolute atomic E-state index is 0.0309. The normalized spacial score (nSPS) is 14.8. The van der Waals surface area contributed by atoms with Crippen molar-refractivity contribution < 1.29 is 14.1 Å². The highest BCUT2D eigenvalue weighted by Gasteiger charge is 2.27. The number of aromatic nitrogens is 2. The predicted octanol–water partition coefficient (Wildman–Crippen LogP) is 4.68. The maximum Gasteiger partial charge on any atom is 0.228 e. The molecule has 1 saturated heterocycles. The van der Waals surface area contributed by atoms with Gasteiger partial charge in [0, 0.05) is 41.5 Å². The van der Waals surface area contributed by atoms with Crippen LogP contribution in [0.1, 0.15) is 60.1 Å². The lowest BCUT2D eigenvalue weighted by Gasteiger charge is -2.32. The molecule has 0 bridgehead atoms. The van der Waals surface area contributed by atoms with Crippen molar-refractivity contribution in [2.75, 3.05) is 40.8 Å². The third-order valence-corrected chi connectivity index (χ3v) is 6.67. The van der Waals surface area contributed by atoms with Gasteiger partial charge in [-0.3, -0.25) is 9.59 Å². The molecule has 7 heteroatoms. The first kappa shape index (κ1) is 24.1. The third-order valence-electron chi connectivity index (χ3n) is 5.81. The van der Waals surface area contributed by atoms with Gasteiger partial charge in [-0.25, -0.2) is 4.98 Å². The number of fused-ring (bicyclic) bond motifs is 1. The number of thiazole rings is 1. The Hall–Kier alpha value is -2.51. The van der Waals surface area contributed by atoms with Gasteiger partial charge in [0.15, 0.2) is 5.01 Å². The molecule has 2 aromatic heterocycles. The van der Waals surface area contributed by atoms with E-state index in [2.05, 4.69) is 31.1 Å². The summed E-state index contributed by atoms with van der Waals surface area (Å²) in [7, 11) is 6.32. The molecule has 1 aromatic carbocycles. The van der Waals surface area contributed by atoms with Gasteiger partial charge in [0.1, 0.15) is 0 Å². The van der Waals surface area contributed by atoms with Crippen LogP contribution in [0.3, 0.4) is 0 Å². The molecule has 0 aliphatic carbocycles. The monoisotopic (exact) mass is 455 g/mol. The van der Waals surface area contributed by atoms with E-state index in [1.54, 1.807) is 6.20 Å². The highest BCUT2D eigenvalue weighted by molar-refractivity contribution is 7.12. The van der Waals surface area contributed by atoms with Crippen molar-refractivity contribution >= 4 is 33.9 Å². The average Bonchev–Trinajstić information content (AvgIpc) is 3.46. The van der Waals surface area contributed by atoms with Crippen LogP contribution >= 0.6 is 11.3 Å². The van der Waals surface area contributed by atoms with E-state index in [-0.39, 0.29) is 11.7 Å². The summed E-state index contributed by atoms with van der Waals surface area (Å²) < 4.78 is 0.800. The number of carbonyl (C=O) groups is 2. The molecule has 3 heterocycles. The maximum atomic E-state index is 13.0. The third kappa shape index (κ3) is 5.64. The lowest BCUT2D eigenvalue weighted by molar-refractivity contribution is -0.869. The predicted molar refractivity (Wildman–Crippen MR) is 131 cm³/mol. The second kappa shape index (κ2) is 10.4. The SMILES string of the molecule is CC.C[N+](C)(C)CCC(=O)N1CCC(c2csc(C(=O)c3c[nH]c4ccccc34)n2)CC1. The van der Waals surface area contributed by atoms with Crippen molar-refractivity contribution in [3.63, 3.8) is 0 Å². The molecular weight excluding hydrogens is 420 g/mol. The summed E-state index contributed by atoms with van der Waals surface area (Å²) >= 11 is 1.42. The Bertz CT molecular complexity index is 1060. The number of H-pyrrole nitrogens is 1. The Morgan fingerprint density at radius 1 is 1.16 bits per heavy atom. The molecule has 0 atom stereocenters. The number of piperidine rings is 1. The van der Waals surface area contributed by atoms with E-state index in [0.717, 1.165) is 53.6 Å². The topological polar surface area (TPSA) is 66.1 Å². The van der Waals surface area contributed by atoms with Crippen molar-refractivity contribution in [1.82, 2.24) is 14.9 Å². The summed E-state index contributed by atoms with van der Waals surface area (Å²) in [6, 6.07) is 7.82. The Kier molecular flexibility index (Phi) is 7.85. The van der Waals surface area contributed by atoms with Gasteiger partial charge < -0.3 is 14.4 Å². The largest absolute Gasteiger partial charge is 0.360 e. The van der Waals surface area contributed by atoms with Crippen molar-refractivity contribution in [1.29, 1.82) is 0 Å². The standard InChI is InChI=1S/C23H28N4O2S.C2H6/c1-27(2,3)13-10-21(28)26-11-8-16(9-12-26)20-15-30-23(25-20)22(29)18-14-24-19-7-5-4-6-17(18)19;1-2/h4-7,14-16H,8-13H2,1-3H3;1-2H3/p+1. The first-order chi connectivity index (χ1) is 15.3. The number of carbonyl (C=O) groups excluding carboxylic acids is 2. The fourth-order valence-corrected chi connectivity index (χ4v) is 4.82. The zero-order valence-corrected chi connectivity index (χ0v) is 20.7. The van der Waals surface area contributed by atoms with Gasteiger partial charge in [0.2, 0.25) is 11.7 Å². The van der Waals surface area contributed by atoms with Crippen LogP contribution in [0, 0.1) is 0 Å². The number of ketones is 1. The zero-order valence-electron chi connectivity index (χ0n) is 19.9. The molecule has 1 fully saturated rings. The molecule has 1 N–H and O–H groups in total. The Morgan fingerprint density at radius 3 is 2.53 bits per heavy atom. The number of rotatable bonds is 6. The molecule has 0 saturated carbocycles. The van der Waals surface area contributed by atoms with E-state index in [1.165, 1.54) is 11.3 Å².